The monoisotopic (exact) mass is 264 g/mol. The molecule has 1 heterocycles. The van der Waals surface area contributed by atoms with Crippen LogP contribution in [0.2, 0.25) is 0 Å². The summed E-state index contributed by atoms with van der Waals surface area (Å²) in [4.78, 5) is 14.3. The molecule has 1 aromatic rings. The Bertz CT molecular complexity index is 436. The predicted octanol–water partition coefficient (Wildman–Crippen LogP) is 0.596. The summed E-state index contributed by atoms with van der Waals surface area (Å²) in [6.45, 7) is 2.48. The first-order chi connectivity index (χ1) is 9.27. The average molecular weight is 264 g/mol. The van der Waals surface area contributed by atoms with Crippen molar-refractivity contribution >= 4 is 5.91 Å². The highest BCUT2D eigenvalue weighted by molar-refractivity contribution is 5.85. The summed E-state index contributed by atoms with van der Waals surface area (Å²) in [6.07, 6.45) is 0. The van der Waals surface area contributed by atoms with Gasteiger partial charge in [-0.15, -0.1) is 0 Å². The molecule has 1 aliphatic heterocycles. The third-order valence-corrected chi connectivity index (χ3v) is 3.27. The number of hydrogen-bond donors (Lipinski definition) is 1. The SMILES string of the molecule is COCCN(CCN)C(=O)C1COc2ccccc21. The minimum Gasteiger partial charge on any atom is -0.492 e. The summed E-state index contributed by atoms with van der Waals surface area (Å²) in [7, 11) is 1.62. The Morgan fingerprint density at radius 1 is 1.47 bits per heavy atom. The fourth-order valence-corrected chi connectivity index (χ4v) is 2.28. The smallest absolute Gasteiger partial charge is 0.233 e. The second-order valence-corrected chi connectivity index (χ2v) is 4.51. The van der Waals surface area contributed by atoms with Crippen molar-refractivity contribution in [3.8, 4) is 5.75 Å². The van der Waals surface area contributed by atoms with Crippen molar-refractivity contribution < 1.29 is 14.3 Å². The number of nitrogens with two attached hydrogens (primary N) is 1. The lowest BCUT2D eigenvalue weighted by Gasteiger charge is -2.24. The van der Waals surface area contributed by atoms with Crippen molar-refractivity contribution in [2.45, 2.75) is 5.92 Å². The predicted molar refractivity (Wildman–Crippen MR) is 72.2 cm³/mol. The summed E-state index contributed by atoms with van der Waals surface area (Å²) in [5, 5.41) is 0. The lowest BCUT2D eigenvalue weighted by Crippen LogP contribution is -2.41. The first kappa shape index (κ1) is 13.8. The Labute approximate surface area is 113 Å². The van der Waals surface area contributed by atoms with Crippen LogP contribution in [0.25, 0.3) is 0 Å². The molecule has 104 valence electrons. The first-order valence-corrected chi connectivity index (χ1v) is 6.47. The lowest BCUT2D eigenvalue weighted by molar-refractivity contribution is -0.133. The highest BCUT2D eigenvalue weighted by atomic mass is 16.5. The molecule has 0 bridgehead atoms. The molecule has 0 aliphatic carbocycles. The summed E-state index contributed by atoms with van der Waals surface area (Å²) >= 11 is 0. The molecule has 0 saturated heterocycles. The van der Waals surface area contributed by atoms with E-state index in [1.165, 1.54) is 0 Å². The molecule has 1 unspecified atom stereocenters. The van der Waals surface area contributed by atoms with Gasteiger partial charge in [-0.3, -0.25) is 4.79 Å². The number of carbonyl (C=O) groups excluding carboxylic acids is 1. The summed E-state index contributed by atoms with van der Waals surface area (Å²) < 4.78 is 10.6. The maximum atomic E-state index is 12.5. The molecule has 1 atom stereocenters. The number of amides is 1. The molecule has 1 aliphatic rings. The molecular weight excluding hydrogens is 244 g/mol. The van der Waals surface area contributed by atoms with Gasteiger partial charge < -0.3 is 20.1 Å². The molecule has 0 saturated carbocycles. The van der Waals surface area contributed by atoms with Crippen LogP contribution in [0.5, 0.6) is 5.75 Å². The number of nitrogens with zero attached hydrogens (tertiary/aromatic N) is 1. The maximum Gasteiger partial charge on any atom is 0.233 e. The van der Waals surface area contributed by atoms with Crippen molar-refractivity contribution in [1.82, 2.24) is 4.90 Å². The van der Waals surface area contributed by atoms with Gasteiger partial charge in [-0.2, -0.15) is 0 Å². The van der Waals surface area contributed by atoms with E-state index in [1.54, 1.807) is 12.0 Å². The minimum atomic E-state index is -0.223. The largest absolute Gasteiger partial charge is 0.492 e. The van der Waals surface area contributed by atoms with Gasteiger partial charge in [-0.25, -0.2) is 0 Å². The van der Waals surface area contributed by atoms with Crippen LogP contribution < -0.4 is 10.5 Å². The third-order valence-electron chi connectivity index (χ3n) is 3.27. The second kappa shape index (κ2) is 6.54. The molecular formula is C14H20N2O3. The van der Waals surface area contributed by atoms with E-state index in [0.29, 0.717) is 32.8 Å². The summed E-state index contributed by atoms with van der Waals surface area (Å²) in [6, 6.07) is 7.68. The van der Waals surface area contributed by atoms with E-state index in [2.05, 4.69) is 0 Å². The van der Waals surface area contributed by atoms with Crippen molar-refractivity contribution in [3.05, 3.63) is 29.8 Å². The summed E-state index contributed by atoms with van der Waals surface area (Å²) in [5.41, 5.74) is 6.53. The molecule has 0 spiro atoms. The molecule has 2 N–H and O–H groups in total. The van der Waals surface area contributed by atoms with Crippen molar-refractivity contribution in [3.63, 3.8) is 0 Å². The Morgan fingerprint density at radius 3 is 3.00 bits per heavy atom. The van der Waals surface area contributed by atoms with Gasteiger partial charge in [-0.05, 0) is 6.07 Å². The van der Waals surface area contributed by atoms with Gasteiger partial charge in [0.25, 0.3) is 0 Å². The Kier molecular flexibility index (Phi) is 4.76. The van der Waals surface area contributed by atoms with Crippen molar-refractivity contribution in [2.24, 2.45) is 5.73 Å². The topological polar surface area (TPSA) is 64.8 Å². The lowest BCUT2D eigenvalue weighted by atomic mass is 10.00. The van der Waals surface area contributed by atoms with E-state index in [9.17, 15) is 4.79 Å². The highest BCUT2D eigenvalue weighted by Crippen LogP contribution is 2.34. The average Bonchev–Trinajstić information content (AvgIpc) is 2.86. The molecule has 1 aromatic carbocycles. The van der Waals surface area contributed by atoms with Crippen LogP contribution in [0.15, 0.2) is 24.3 Å². The van der Waals surface area contributed by atoms with E-state index < -0.39 is 0 Å². The zero-order valence-corrected chi connectivity index (χ0v) is 11.2. The first-order valence-electron chi connectivity index (χ1n) is 6.47. The van der Waals surface area contributed by atoms with Crippen molar-refractivity contribution in [1.29, 1.82) is 0 Å². The van der Waals surface area contributed by atoms with E-state index in [1.807, 2.05) is 24.3 Å². The third kappa shape index (κ3) is 3.05. The van der Waals surface area contributed by atoms with Gasteiger partial charge in [0.05, 0.1) is 6.61 Å². The van der Waals surface area contributed by atoms with Crippen LogP contribution in [0.1, 0.15) is 11.5 Å². The Morgan fingerprint density at radius 2 is 2.26 bits per heavy atom. The van der Waals surface area contributed by atoms with Gasteiger partial charge in [-0.1, -0.05) is 18.2 Å². The van der Waals surface area contributed by atoms with E-state index in [-0.39, 0.29) is 11.8 Å². The number of carbonyl (C=O) groups is 1. The molecule has 2 rings (SSSR count). The Hall–Kier alpha value is -1.59. The van der Waals surface area contributed by atoms with Gasteiger partial charge in [0, 0.05) is 32.3 Å². The van der Waals surface area contributed by atoms with Gasteiger partial charge in [0.1, 0.15) is 18.3 Å². The minimum absolute atomic E-state index is 0.0625. The van der Waals surface area contributed by atoms with Gasteiger partial charge >= 0.3 is 0 Å². The van der Waals surface area contributed by atoms with Crippen LogP contribution in [0.3, 0.4) is 0 Å². The quantitative estimate of drug-likeness (QED) is 0.817. The number of para-hydroxylation sites is 1. The van der Waals surface area contributed by atoms with Gasteiger partial charge in [0.15, 0.2) is 0 Å². The normalized spacial score (nSPS) is 16.8. The number of methoxy groups -OCH3 is 1. The number of ether oxygens (including phenoxy) is 2. The van der Waals surface area contributed by atoms with Crippen LogP contribution in [-0.2, 0) is 9.53 Å². The van der Waals surface area contributed by atoms with Crippen LogP contribution in [-0.4, -0.2) is 50.8 Å². The van der Waals surface area contributed by atoms with E-state index in [4.69, 9.17) is 15.2 Å². The van der Waals surface area contributed by atoms with Gasteiger partial charge in [0.2, 0.25) is 5.91 Å². The second-order valence-electron chi connectivity index (χ2n) is 4.51. The van der Waals surface area contributed by atoms with E-state index in [0.717, 1.165) is 11.3 Å². The zero-order valence-electron chi connectivity index (χ0n) is 11.2. The highest BCUT2D eigenvalue weighted by Gasteiger charge is 2.32. The number of benzene rings is 1. The zero-order chi connectivity index (χ0) is 13.7. The molecule has 1 amide bonds. The number of rotatable bonds is 6. The van der Waals surface area contributed by atoms with Crippen LogP contribution in [0, 0.1) is 0 Å². The molecule has 19 heavy (non-hydrogen) atoms. The number of hydrogen-bond acceptors (Lipinski definition) is 4. The van der Waals surface area contributed by atoms with Crippen LogP contribution >= 0.6 is 0 Å². The standard InChI is InChI=1S/C14H20N2O3/c1-18-9-8-16(7-6-15)14(17)12-10-19-13-5-3-2-4-11(12)13/h2-5,12H,6-10,15H2,1H3. The fraction of sp³-hybridized carbons (Fsp3) is 0.500. The summed E-state index contributed by atoms with van der Waals surface area (Å²) in [5.74, 6) is 0.646. The fourth-order valence-electron chi connectivity index (χ4n) is 2.28. The van der Waals surface area contributed by atoms with Crippen molar-refractivity contribution in [2.75, 3.05) is 40.0 Å². The number of fused-ring (bicyclic) bond motifs is 1. The molecule has 5 heteroatoms. The molecule has 0 radical (unpaired) electrons. The van der Waals surface area contributed by atoms with Crippen LogP contribution in [0.4, 0.5) is 0 Å². The van der Waals surface area contributed by atoms with E-state index >= 15 is 0 Å². The molecule has 0 fully saturated rings. The molecule has 5 nitrogen and oxygen atoms in total. The maximum absolute atomic E-state index is 12.5. The Balaban J connectivity index is 2.10. The molecule has 0 aromatic heterocycles.